The monoisotopic (exact) mass is 811 g/mol. The third-order valence-corrected chi connectivity index (χ3v) is 13.8. The van der Waals surface area contributed by atoms with E-state index >= 15 is 0 Å². The molecule has 0 radical (unpaired) electrons. The molecule has 0 N–H and O–H groups in total. The number of rotatable bonds is 7. The average Bonchev–Trinajstić information content (AvgIpc) is 3.68. The topological polar surface area (TPSA) is 3.24 Å². The van der Waals surface area contributed by atoms with Crippen molar-refractivity contribution in [3.63, 3.8) is 0 Å². The number of nitrogens with zero attached hydrogens (tertiary/aromatic N) is 1. The summed E-state index contributed by atoms with van der Waals surface area (Å²) in [5.74, 6) is 0. The van der Waals surface area contributed by atoms with Crippen molar-refractivity contribution in [1.82, 2.24) is 0 Å². The maximum absolute atomic E-state index is 2.54. The SMILES string of the molecule is c1ccc(-c2ccc(N(c3cccc4c3C(c3ccccc3)(c3ccccc3)c3ccccc3-4)c3cccc4cc5c(cc34)-c3cc4ccc(-c6ccccc6)cc4cc3-5)cc2)cc1. The van der Waals surface area contributed by atoms with E-state index in [-0.39, 0.29) is 0 Å². The van der Waals surface area contributed by atoms with Crippen LogP contribution in [0.4, 0.5) is 17.1 Å². The smallest absolute Gasteiger partial charge is 0.0734 e. The molecular formula is C63H41N. The fourth-order valence-electron chi connectivity index (χ4n) is 10.9. The van der Waals surface area contributed by atoms with E-state index in [0.29, 0.717) is 0 Å². The molecular weight excluding hydrogens is 771 g/mol. The normalized spacial score (nSPS) is 12.8. The van der Waals surface area contributed by atoms with E-state index < -0.39 is 5.41 Å². The van der Waals surface area contributed by atoms with Crippen molar-refractivity contribution in [2.75, 3.05) is 4.90 Å². The zero-order chi connectivity index (χ0) is 42.2. The van der Waals surface area contributed by atoms with E-state index in [1.54, 1.807) is 0 Å². The minimum atomic E-state index is -0.581. The van der Waals surface area contributed by atoms with Crippen LogP contribution in [0.3, 0.4) is 0 Å². The number of hydrogen-bond acceptors (Lipinski definition) is 1. The van der Waals surface area contributed by atoms with Crippen LogP contribution < -0.4 is 4.90 Å². The molecule has 2 aliphatic carbocycles. The number of benzene rings is 11. The van der Waals surface area contributed by atoms with Gasteiger partial charge in [-0.3, -0.25) is 0 Å². The Balaban J connectivity index is 1.05. The lowest BCUT2D eigenvalue weighted by Gasteiger charge is -2.38. The third-order valence-electron chi connectivity index (χ3n) is 13.8. The second kappa shape index (κ2) is 14.4. The van der Waals surface area contributed by atoms with E-state index in [0.717, 1.165) is 17.1 Å². The minimum absolute atomic E-state index is 0.581. The summed E-state index contributed by atoms with van der Waals surface area (Å²) < 4.78 is 0. The first kappa shape index (κ1) is 36.4. The summed E-state index contributed by atoms with van der Waals surface area (Å²) in [5, 5.41) is 4.97. The van der Waals surface area contributed by atoms with Crippen LogP contribution in [-0.4, -0.2) is 0 Å². The Bertz CT molecular complexity index is 3530. The lowest BCUT2D eigenvalue weighted by atomic mass is 9.67. The Labute approximate surface area is 373 Å². The van der Waals surface area contributed by atoms with Crippen molar-refractivity contribution >= 4 is 38.6 Å². The Morgan fingerprint density at radius 2 is 0.781 bits per heavy atom. The van der Waals surface area contributed by atoms with Crippen molar-refractivity contribution in [1.29, 1.82) is 0 Å². The highest BCUT2D eigenvalue weighted by Gasteiger charge is 2.48. The molecule has 0 atom stereocenters. The number of hydrogen-bond donors (Lipinski definition) is 0. The molecule has 0 saturated heterocycles. The Hall–Kier alpha value is -8.26. The standard InChI is InChI=1S/C63H41N/c1-5-17-42(18-6-1)44-33-35-51(36-34-44)64(61-30-16-27-53-52-26-13-14-28-59(52)63(62(53)61,49-22-9-3-10-23-49)50-24-11-4-12-25-50)60-29-15-21-47-39-56-57-40-48-37-45(43-19-7-2-8-20-43)31-32-46(48)38-55(57)58(56)41-54(47)60/h1-41H. The second-order valence-electron chi connectivity index (χ2n) is 17.2. The quantitative estimate of drug-likeness (QED) is 0.155. The molecule has 0 unspecified atom stereocenters. The molecule has 0 saturated carbocycles. The molecule has 0 spiro atoms. The minimum Gasteiger partial charge on any atom is -0.310 e. The van der Waals surface area contributed by atoms with Crippen LogP contribution in [0.1, 0.15) is 22.3 Å². The Kier molecular flexibility index (Phi) is 8.20. The summed E-state index contributed by atoms with van der Waals surface area (Å²) in [4.78, 5) is 2.54. The van der Waals surface area contributed by atoms with Crippen LogP contribution in [0.25, 0.3) is 77.2 Å². The van der Waals surface area contributed by atoms with Gasteiger partial charge in [-0.05, 0) is 143 Å². The van der Waals surface area contributed by atoms with Gasteiger partial charge < -0.3 is 4.90 Å². The Morgan fingerprint density at radius 3 is 1.47 bits per heavy atom. The van der Waals surface area contributed by atoms with Crippen molar-refractivity contribution in [2.24, 2.45) is 0 Å². The molecule has 0 aromatic heterocycles. The molecule has 11 aromatic rings. The van der Waals surface area contributed by atoms with E-state index in [1.165, 1.54) is 99.4 Å². The van der Waals surface area contributed by atoms with Crippen LogP contribution in [0.15, 0.2) is 249 Å². The van der Waals surface area contributed by atoms with Crippen molar-refractivity contribution in [2.45, 2.75) is 5.41 Å². The lowest BCUT2D eigenvalue weighted by Crippen LogP contribution is -2.30. The molecule has 0 aliphatic heterocycles. The van der Waals surface area contributed by atoms with Gasteiger partial charge in [0.15, 0.2) is 0 Å². The summed E-state index contributed by atoms with van der Waals surface area (Å²) in [6, 6.07) is 92.2. The first-order valence-electron chi connectivity index (χ1n) is 22.2. The summed E-state index contributed by atoms with van der Waals surface area (Å²) in [7, 11) is 0. The van der Waals surface area contributed by atoms with Gasteiger partial charge in [0.2, 0.25) is 0 Å². The summed E-state index contributed by atoms with van der Waals surface area (Å²) in [6.07, 6.45) is 0. The molecule has 64 heavy (non-hydrogen) atoms. The predicted molar refractivity (Wildman–Crippen MR) is 269 cm³/mol. The van der Waals surface area contributed by atoms with E-state index in [1.807, 2.05) is 0 Å². The van der Waals surface area contributed by atoms with E-state index in [9.17, 15) is 0 Å². The maximum atomic E-state index is 2.54. The molecule has 11 aromatic carbocycles. The second-order valence-corrected chi connectivity index (χ2v) is 17.2. The van der Waals surface area contributed by atoms with Crippen LogP contribution in [-0.2, 0) is 5.41 Å². The first-order chi connectivity index (χ1) is 31.7. The van der Waals surface area contributed by atoms with Crippen molar-refractivity contribution in [3.05, 3.63) is 271 Å². The van der Waals surface area contributed by atoms with Gasteiger partial charge in [-0.2, -0.15) is 0 Å². The molecule has 0 bridgehead atoms. The van der Waals surface area contributed by atoms with Gasteiger partial charge in [0.25, 0.3) is 0 Å². The molecule has 0 fully saturated rings. The van der Waals surface area contributed by atoms with Gasteiger partial charge in [-0.15, -0.1) is 0 Å². The fraction of sp³-hybridized carbons (Fsp3) is 0.0159. The van der Waals surface area contributed by atoms with Crippen LogP contribution in [0.2, 0.25) is 0 Å². The van der Waals surface area contributed by atoms with Gasteiger partial charge in [0.1, 0.15) is 0 Å². The van der Waals surface area contributed by atoms with Crippen LogP contribution >= 0.6 is 0 Å². The van der Waals surface area contributed by atoms with Gasteiger partial charge in [-0.25, -0.2) is 0 Å². The highest BCUT2D eigenvalue weighted by Crippen LogP contribution is 2.61. The van der Waals surface area contributed by atoms with Crippen molar-refractivity contribution in [3.8, 4) is 55.6 Å². The van der Waals surface area contributed by atoms with E-state index in [2.05, 4.69) is 254 Å². The summed E-state index contributed by atoms with van der Waals surface area (Å²) in [5.41, 5.74) is 20.6. The average molecular weight is 812 g/mol. The highest BCUT2D eigenvalue weighted by molar-refractivity contribution is 6.14. The number of anilines is 3. The van der Waals surface area contributed by atoms with E-state index in [4.69, 9.17) is 0 Å². The van der Waals surface area contributed by atoms with Gasteiger partial charge in [0, 0.05) is 16.6 Å². The molecule has 2 aliphatic rings. The van der Waals surface area contributed by atoms with Crippen LogP contribution in [0, 0.1) is 0 Å². The largest absolute Gasteiger partial charge is 0.310 e. The highest BCUT2D eigenvalue weighted by atomic mass is 15.1. The Morgan fingerprint density at radius 1 is 0.281 bits per heavy atom. The summed E-state index contributed by atoms with van der Waals surface area (Å²) >= 11 is 0. The molecule has 0 heterocycles. The number of fused-ring (bicyclic) bond motifs is 9. The predicted octanol–water partition coefficient (Wildman–Crippen LogP) is 16.8. The first-order valence-corrected chi connectivity index (χ1v) is 22.2. The molecule has 0 amide bonds. The van der Waals surface area contributed by atoms with Crippen molar-refractivity contribution < 1.29 is 0 Å². The van der Waals surface area contributed by atoms with Gasteiger partial charge in [0.05, 0.1) is 16.8 Å². The summed E-state index contributed by atoms with van der Waals surface area (Å²) in [6.45, 7) is 0. The zero-order valence-corrected chi connectivity index (χ0v) is 35.1. The van der Waals surface area contributed by atoms with Gasteiger partial charge in [-0.1, -0.05) is 194 Å². The molecule has 1 nitrogen and oxygen atoms in total. The molecule has 298 valence electrons. The third kappa shape index (κ3) is 5.44. The van der Waals surface area contributed by atoms with Crippen LogP contribution in [0.5, 0.6) is 0 Å². The molecule has 13 rings (SSSR count). The fourth-order valence-corrected chi connectivity index (χ4v) is 10.9. The molecule has 1 heteroatoms. The lowest BCUT2D eigenvalue weighted by molar-refractivity contribution is 0.768. The van der Waals surface area contributed by atoms with Gasteiger partial charge >= 0.3 is 0 Å². The maximum Gasteiger partial charge on any atom is 0.0734 e. The zero-order valence-electron chi connectivity index (χ0n) is 35.1.